The van der Waals surface area contributed by atoms with Crippen LogP contribution in [0.5, 0.6) is 0 Å². The third kappa shape index (κ3) is 5.04. The molecule has 0 aliphatic rings. The molecule has 1 aromatic heterocycles. The molecule has 0 aliphatic heterocycles. The minimum atomic E-state index is -0.269. The fraction of sp³-hybridized carbons (Fsp3) is 0.174. The lowest BCUT2D eigenvalue weighted by atomic mass is 10.1. The molecule has 0 fully saturated rings. The molecule has 1 heterocycles. The minimum absolute atomic E-state index is 0.193. The number of anilines is 1. The first kappa shape index (κ1) is 19.3. The van der Waals surface area contributed by atoms with Crippen LogP contribution in [0.3, 0.4) is 0 Å². The van der Waals surface area contributed by atoms with Gasteiger partial charge in [0.1, 0.15) is 0 Å². The number of nitrogens with zero attached hydrogens (tertiary/aromatic N) is 1. The molecule has 3 rings (SSSR count). The number of amides is 2. The summed E-state index contributed by atoms with van der Waals surface area (Å²) < 4.78 is 0. The van der Waals surface area contributed by atoms with Crippen LogP contribution in [-0.4, -0.2) is 23.3 Å². The molecule has 0 aliphatic carbocycles. The molecule has 0 radical (unpaired) electrons. The van der Waals surface area contributed by atoms with Crippen LogP contribution in [0.2, 0.25) is 0 Å². The Kier molecular flexibility index (Phi) is 6.52. The van der Waals surface area contributed by atoms with Gasteiger partial charge in [-0.1, -0.05) is 42.5 Å². The van der Waals surface area contributed by atoms with E-state index >= 15 is 0 Å². The number of hydrogen-bond acceptors (Lipinski definition) is 3. The molecule has 5 nitrogen and oxygen atoms in total. The van der Waals surface area contributed by atoms with Crippen molar-refractivity contribution >= 4 is 17.5 Å². The number of aromatic nitrogens is 1. The number of carbonyl (C=O) groups excluding carboxylic acids is 2. The van der Waals surface area contributed by atoms with E-state index in [4.69, 9.17) is 0 Å². The fourth-order valence-corrected chi connectivity index (χ4v) is 2.95. The first-order valence-electron chi connectivity index (χ1n) is 9.28. The van der Waals surface area contributed by atoms with E-state index in [1.54, 1.807) is 30.6 Å². The topological polar surface area (TPSA) is 71.1 Å². The molecule has 0 bridgehead atoms. The van der Waals surface area contributed by atoms with Gasteiger partial charge in [0.05, 0.1) is 11.3 Å². The van der Waals surface area contributed by atoms with Crippen LogP contribution in [0, 0.1) is 6.92 Å². The molecule has 0 spiro atoms. The van der Waals surface area contributed by atoms with E-state index in [0.717, 1.165) is 18.4 Å². The Balaban J connectivity index is 1.63. The van der Waals surface area contributed by atoms with E-state index in [1.807, 2.05) is 37.3 Å². The average molecular weight is 373 g/mol. The molecular formula is C23H23N3O2. The van der Waals surface area contributed by atoms with E-state index in [-0.39, 0.29) is 11.8 Å². The second-order valence-corrected chi connectivity index (χ2v) is 6.53. The predicted octanol–water partition coefficient (Wildman–Crippen LogP) is 4.00. The van der Waals surface area contributed by atoms with Gasteiger partial charge < -0.3 is 10.6 Å². The van der Waals surface area contributed by atoms with E-state index in [1.165, 1.54) is 5.56 Å². The SMILES string of the molecule is Cc1cccc(C(=O)NCCCc2ccccc2)c1NC(=O)c1ccncc1. The summed E-state index contributed by atoms with van der Waals surface area (Å²) >= 11 is 0. The molecule has 28 heavy (non-hydrogen) atoms. The number of pyridine rings is 1. The first-order chi connectivity index (χ1) is 13.6. The number of benzene rings is 2. The van der Waals surface area contributed by atoms with Crippen molar-refractivity contribution in [3.8, 4) is 0 Å². The van der Waals surface area contributed by atoms with Crippen LogP contribution >= 0.6 is 0 Å². The highest BCUT2D eigenvalue weighted by Gasteiger charge is 2.16. The quantitative estimate of drug-likeness (QED) is 0.615. The largest absolute Gasteiger partial charge is 0.352 e. The van der Waals surface area contributed by atoms with Crippen molar-refractivity contribution in [2.75, 3.05) is 11.9 Å². The van der Waals surface area contributed by atoms with Gasteiger partial charge in [0.15, 0.2) is 0 Å². The summed E-state index contributed by atoms with van der Waals surface area (Å²) in [5, 5.41) is 5.81. The Hall–Kier alpha value is -3.47. The van der Waals surface area contributed by atoms with Gasteiger partial charge in [0.2, 0.25) is 0 Å². The molecule has 5 heteroatoms. The zero-order chi connectivity index (χ0) is 19.8. The maximum Gasteiger partial charge on any atom is 0.255 e. The maximum atomic E-state index is 12.7. The van der Waals surface area contributed by atoms with Crippen molar-refractivity contribution in [1.29, 1.82) is 0 Å². The highest BCUT2D eigenvalue weighted by Crippen LogP contribution is 2.21. The summed E-state index contributed by atoms with van der Waals surface area (Å²) in [5.74, 6) is -0.461. The van der Waals surface area contributed by atoms with Crippen LogP contribution < -0.4 is 10.6 Å². The zero-order valence-corrected chi connectivity index (χ0v) is 15.8. The number of nitrogens with one attached hydrogen (secondary N) is 2. The van der Waals surface area contributed by atoms with E-state index < -0.39 is 0 Å². The van der Waals surface area contributed by atoms with Crippen molar-refractivity contribution < 1.29 is 9.59 Å². The van der Waals surface area contributed by atoms with Crippen molar-refractivity contribution in [3.05, 3.63) is 95.3 Å². The second kappa shape index (κ2) is 9.46. The predicted molar refractivity (Wildman–Crippen MR) is 110 cm³/mol. The van der Waals surface area contributed by atoms with Crippen LogP contribution in [0.4, 0.5) is 5.69 Å². The Morgan fingerprint density at radius 1 is 0.893 bits per heavy atom. The fourth-order valence-electron chi connectivity index (χ4n) is 2.95. The number of aryl methyl sites for hydroxylation is 2. The third-order valence-electron chi connectivity index (χ3n) is 4.47. The highest BCUT2D eigenvalue weighted by atomic mass is 16.2. The summed E-state index contributed by atoms with van der Waals surface area (Å²) in [6.45, 7) is 2.44. The lowest BCUT2D eigenvalue weighted by molar-refractivity contribution is 0.0954. The van der Waals surface area contributed by atoms with Crippen molar-refractivity contribution in [2.24, 2.45) is 0 Å². The van der Waals surface area contributed by atoms with Crippen molar-refractivity contribution in [2.45, 2.75) is 19.8 Å². The van der Waals surface area contributed by atoms with E-state index in [2.05, 4.69) is 27.8 Å². The molecule has 0 atom stereocenters. The van der Waals surface area contributed by atoms with Crippen LogP contribution in [0.25, 0.3) is 0 Å². The van der Waals surface area contributed by atoms with Crippen LogP contribution in [0.15, 0.2) is 73.1 Å². The van der Waals surface area contributed by atoms with Gasteiger partial charge in [0, 0.05) is 24.5 Å². The Bertz CT molecular complexity index is 941. The number of rotatable bonds is 7. The molecule has 2 N–H and O–H groups in total. The highest BCUT2D eigenvalue weighted by molar-refractivity contribution is 6.09. The minimum Gasteiger partial charge on any atom is -0.352 e. The molecule has 142 valence electrons. The third-order valence-corrected chi connectivity index (χ3v) is 4.47. The summed E-state index contributed by atoms with van der Waals surface area (Å²) in [5.41, 5.74) is 3.57. The second-order valence-electron chi connectivity index (χ2n) is 6.53. The van der Waals surface area contributed by atoms with E-state index in [9.17, 15) is 9.59 Å². The lowest BCUT2D eigenvalue weighted by Gasteiger charge is -2.14. The summed E-state index contributed by atoms with van der Waals surface area (Å²) in [7, 11) is 0. The maximum absolute atomic E-state index is 12.7. The monoisotopic (exact) mass is 373 g/mol. The smallest absolute Gasteiger partial charge is 0.255 e. The Morgan fingerprint density at radius 3 is 2.39 bits per heavy atom. The summed E-state index contributed by atoms with van der Waals surface area (Å²) in [6, 6.07) is 18.9. The van der Waals surface area contributed by atoms with Crippen LogP contribution in [0.1, 0.15) is 38.3 Å². The van der Waals surface area contributed by atoms with E-state index in [0.29, 0.717) is 23.4 Å². The molecule has 2 amide bonds. The van der Waals surface area contributed by atoms with Gasteiger partial charge in [0.25, 0.3) is 11.8 Å². The number of carbonyl (C=O) groups is 2. The molecule has 2 aromatic carbocycles. The summed E-state index contributed by atoms with van der Waals surface area (Å²) in [6.07, 6.45) is 4.88. The van der Waals surface area contributed by atoms with Gasteiger partial charge in [-0.25, -0.2) is 0 Å². The van der Waals surface area contributed by atoms with Gasteiger partial charge in [-0.2, -0.15) is 0 Å². The Morgan fingerprint density at radius 2 is 1.64 bits per heavy atom. The average Bonchev–Trinajstić information content (AvgIpc) is 2.74. The van der Waals surface area contributed by atoms with Crippen molar-refractivity contribution in [3.63, 3.8) is 0 Å². The van der Waals surface area contributed by atoms with Gasteiger partial charge >= 0.3 is 0 Å². The van der Waals surface area contributed by atoms with Crippen LogP contribution in [-0.2, 0) is 6.42 Å². The molecule has 0 saturated heterocycles. The zero-order valence-electron chi connectivity index (χ0n) is 15.8. The number of para-hydroxylation sites is 1. The van der Waals surface area contributed by atoms with Gasteiger partial charge in [-0.05, 0) is 49.1 Å². The molecule has 0 saturated carbocycles. The summed E-state index contributed by atoms with van der Waals surface area (Å²) in [4.78, 5) is 29.1. The van der Waals surface area contributed by atoms with Gasteiger partial charge in [-0.15, -0.1) is 0 Å². The number of hydrogen-bond donors (Lipinski definition) is 2. The Labute approximate surface area is 164 Å². The first-order valence-corrected chi connectivity index (χ1v) is 9.28. The standard InChI is InChI=1S/C23H23N3O2/c1-17-7-5-11-20(21(17)26-22(27)19-12-15-24-16-13-19)23(28)25-14-6-10-18-8-3-2-4-9-18/h2-5,7-9,11-13,15-16H,6,10,14H2,1H3,(H,25,28)(H,26,27). The molecular weight excluding hydrogens is 350 g/mol. The molecule has 0 unspecified atom stereocenters. The van der Waals surface area contributed by atoms with Gasteiger partial charge in [-0.3, -0.25) is 14.6 Å². The van der Waals surface area contributed by atoms with Crippen molar-refractivity contribution in [1.82, 2.24) is 10.3 Å². The lowest BCUT2D eigenvalue weighted by Crippen LogP contribution is -2.26. The normalized spacial score (nSPS) is 10.3. The molecule has 3 aromatic rings.